The lowest BCUT2D eigenvalue weighted by atomic mass is 9.87. The van der Waals surface area contributed by atoms with E-state index in [0.29, 0.717) is 24.1 Å². The van der Waals surface area contributed by atoms with E-state index < -0.39 is 6.10 Å². The van der Waals surface area contributed by atoms with Crippen LogP contribution in [0.15, 0.2) is 24.3 Å². The Kier molecular flexibility index (Phi) is 5.45. The Hall–Kier alpha value is -1.68. The molecule has 1 aromatic carbocycles. The smallest absolute Gasteiger partial charge is 0.252 e. The second-order valence-corrected chi connectivity index (χ2v) is 6.00. The third kappa shape index (κ3) is 4.78. The summed E-state index contributed by atoms with van der Waals surface area (Å²) in [7, 11) is 0. The van der Waals surface area contributed by atoms with Gasteiger partial charge in [-0.1, -0.05) is 32.0 Å². The summed E-state index contributed by atoms with van der Waals surface area (Å²) in [4.78, 5) is 23.7. The zero-order chi connectivity index (χ0) is 15.3. The van der Waals surface area contributed by atoms with Crippen LogP contribution in [0.5, 0.6) is 0 Å². The van der Waals surface area contributed by atoms with Crippen molar-refractivity contribution in [3.63, 3.8) is 0 Å². The number of nitrogens with one attached hydrogen (secondary N) is 1. The molecule has 1 amide bonds. The highest BCUT2D eigenvalue weighted by molar-refractivity contribution is 6.07. The fraction of sp³-hybridized carbons (Fsp3) is 0.500. The first-order valence-electron chi connectivity index (χ1n) is 6.79. The summed E-state index contributed by atoms with van der Waals surface area (Å²) in [6.07, 6.45) is 0.188. The molecule has 0 aromatic heterocycles. The number of aliphatic hydroxyl groups excluding tert-OH is 1. The van der Waals surface area contributed by atoms with Crippen molar-refractivity contribution in [2.45, 2.75) is 40.2 Å². The van der Waals surface area contributed by atoms with Gasteiger partial charge in [0.15, 0.2) is 5.78 Å². The van der Waals surface area contributed by atoms with E-state index in [1.165, 1.54) is 6.92 Å². The third-order valence-electron chi connectivity index (χ3n) is 3.13. The first kappa shape index (κ1) is 16.4. The lowest BCUT2D eigenvalue weighted by Gasteiger charge is -2.26. The van der Waals surface area contributed by atoms with E-state index in [1.54, 1.807) is 31.2 Å². The molecule has 0 spiro atoms. The largest absolute Gasteiger partial charge is 0.393 e. The predicted octanol–water partition coefficient (Wildman–Crippen LogP) is 2.42. The fourth-order valence-electron chi connectivity index (χ4n) is 2.27. The fourth-order valence-corrected chi connectivity index (χ4v) is 2.27. The van der Waals surface area contributed by atoms with Crippen LogP contribution in [0.25, 0.3) is 0 Å². The maximum absolute atomic E-state index is 12.2. The Bertz CT molecular complexity index is 492. The van der Waals surface area contributed by atoms with E-state index in [4.69, 9.17) is 0 Å². The second-order valence-electron chi connectivity index (χ2n) is 6.00. The van der Waals surface area contributed by atoms with Crippen LogP contribution in [-0.2, 0) is 0 Å². The standard InChI is InChI=1S/C16H23NO3/c1-11(18)9-16(3,4)10-17-15(20)14-8-6-5-7-13(14)12(2)19/h5-8,11,18H,9-10H2,1-4H3,(H,17,20). The summed E-state index contributed by atoms with van der Waals surface area (Å²) in [5.41, 5.74) is 0.626. The van der Waals surface area contributed by atoms with Crippen LogP contribution in [0, 0.1) is 5.41 Å². The van der Waals surface area contributed by atoms with Crippen molar-refractivity contribution < 1.29 is 14.7 Å². The van der Waals surface area contributed by atoms with Crippen molar-refractivity contribution in [3.05, 3.63) is 35.4 Å². The molecule has 0 aliphatic rings. The van der Waals surface area contributed by atoms with Crippen molar-refractivity contribution in [3.8, 4) is 0 Å². The second kappa shape index (κ2) is 6.66. The minimum Gasteiger partial charge on any atom is -0.393 e. The van der Waals surface area contributed by atoms with Gasteiger partial charge in [-0.15, -0.1) is 0 Å². The minimum absolute atomic E-state index is 0.126. The average Bonchev–Trinajstić information content (AvgIpc) is 2.34. The summed E-state index contributed by atoms with van der Waals surface area (Å²) >= 11 is 0. The van der Waals surface area contributed by atoms with Gasteiger partial charge in [0.2, 0.25) is 0 Å². The third-order valence-corrected chi connectivity index (χ3v) is 3.13. The zero-order valence-electron chi connectivity index (χ0n) is 12.6. The van der Waals surface area contributed by atoms with Gasteiger partial charge < -0.3 is 10.4 Å². The number of carbonyl (C=O) groups excluding carboxylic acids is 2. The lowest BCUT2D eigenvalue weighted by molar-refractivity contribution is 0.0894. The van der Waals surface area contributed by atoms with Crippen LogP contribution in [-0.4, -0.2) is 29.4 Å². The number of aliphatic hydroxyl groups is 1. The lowest BCUT2D eigenvalue weighted by Crippen LogP contribution is -2.36. The maximum Gasteiger partial charge on any atom is 0.252 e. The molecule has 1 aromatic rings. The zero-order valence-corrected chi connectivity index (χ0v) is 12.6. The molecule has 0 bridgehead atoms. The number of hydrogen-bond donors (Lipinski definition) is 2. The molecular formula is C16H23NO3. The van der Waals surface area contributed by atoms with Gasteiger partial charge >= 0.3 is 0 Å². The summed E-state index contributed by atoms with van der Waals surface area (Å²) in [5.74, 6) is -0.381. The quantitative estimate of drug-likeness (QED) is 0.785. The Morgan fingerprint density at radius 1 is 1.25 bits per heavy atom. The van der Waals surface area contributed by atoms with E-state index in [0.717, 1.165) is 0 Å². The topological polar surface area (TPSA) is 66.4 Å². The molecule has 4 nitrogen and oxygen atoms in total. The summed E-state index contributed by atoms with van der Waals surface area (Å²) in [5, 5.41) is 12.3. The average molecular weight is 277 g/mol. The monoisotopic (exact) mass is 277 g/mol. The first-order chi connectivity index (χ1) is 9.23. The van der Waals surface area contributed by atoms with E-state index >= 15 is 0 Å². The minimum atomic E-state index is -0.411. The van der Waals surface area contributed by atoms with Crippen molar-refractivity contribution in [1.29, 1.82) is 0 Å². The Morgan fingerprint density at radius 2 is 1.80 bits per heavy atom. The number of amides is 1. The number of Topliss-reactive ketones (excluding diaryl/α,β-unsaturated/α-hetero) is 1. The summed E-state index contributed by atoms with van der Waals surface area (Å²) in [6.45, 7) is 7.59. The molecule has 0 radical (unpaired) electrons. The maximum atomic E-state index is 12.2. The van der Waals surface area contributed by atoms with Crippen LogP contribution in [0.3, 0.4) is 0 Å². The molecule has 1 rings (SSSR count). The van der Waals surface area contributed by atoms with Gasteiger partial charge in [-0.2, -0.15) is 0 Å². The molecule has 20 heavy (non-hydrogen) atoms. The van der Waals surface area contributed by atoms with Crippen LogP contribution < -0.4 is 5.32 Å². The molecule has 0 saturated heterocycles. The van der Waals surface area contributed by atoms with Crippen LogP contribution in [0.4, 0.5) is 0 Å². The normalized spacial score (nSPS) is 12.8. The molecule has 2 N–H and O–H groups in total. The van der Waals surface area contributed by atoms with Crippen LogP contribution in [0.2, 0.25) is 0 Å². The first-order valence-corrected chi connectivity index (χ1v) is 6.79. The highest BCUT2D eigenvalue weighted by Gasteiger charge is 2.22. The molecular weight excluding hydrogens is 254 g/mol. The summed E-state index contributed by atoms with van der Waals surface area (Å²) < 4.78 is 0. The molecule has 110 valence electrons. The molecule has 0 heterocycles. The number of hydrogen-bond acceptors (Lipinski definition) is 3. The van der Waals surface area contributed by atoms with E-state index in [-0.39, 0.29) is 17.1 Å². The number of carbonyl (C=O) groups is 2. The van der Waals surface area contributed by atoms with Gasteiger partial charge in [0.1, 0.15) is 0 Å². The summed E-state index contributed by atoms with van der Waals surface area (Å²) in [6, 6.07) is 6.78. The van der Waals surface area contributed by atoms with Crippen molar-refractivity contribution in [2.75, 3.05) is 6.54 Å². The van der Waals surface area contributed by atoms with Gasteiger partial charge in [-0.3, -0.25) is 9.59 Å². The van der Waals surface area contributed by atoms with E-state index in [1.807, 2.05) is 13.8 Å². The van der Waals surface area contributed by atoms with Crippen LogP contribution in [0.1, 0.15) is 54.8 Å². The SMILES string of the molecule is CC(=O)c1ccccc1C(=O)NCC(C)(C)CC(C)O. The molecule has 0 saturated carbocycles. The molecule has 0 aliphatic carbocycles. The van der Waals surface area contributed by atoms with Gasteiger partial charge in [-0.05, 0) is 31.7 Å². The Morgan fingerprint density at radius 3 is 2.30 bits per heavy atom. The highest BCUT2D eigenvalue weighted by Crippen LogP contribution is 2.21. The van der Waals surface area contributed by atoms with Gasteiger partial charge in [0.25, 0.3) is 5.91 Å². The van der Waals surface area contributed by atoms with Crippen molar-refractivity contribution in [2.24, 2.45) is 5.41 Å². The number of ketones is 1. The molecule has 0 fully saturated rings. The van der Waals surface area contributed by atoms with Crippen molar-refractivity contribution in [1.82, 2.24) is 5.32 Å². The Labute approximate surface area is 120 Å². The number of rotatable bonds is 6. The van der Waals surface area contributed by atoms with E-state index in [2.05, 4.69) is 5.32 Å². The van der Waals surface area contributed by atoms with Gasteiger partial charge in [0, 0.05) is 12.1 Å². The highest BCUT2D eigenvalue weighted by atomic mass is 16.3. The van der Waals surface area contributed by atoms with Crippen molar-refractivity contribution >= 4 is 11.7 Å². The van der Waals surface area contributed by atoms with Gasteiger partial charge in [0.05, 0.1) is 11.7 Å². The Balaban J connectivity index is 2.75. The van der Waals surface area contributed by atoms with Crippen LogP contribution >= 0.6 is 0 Å². The number of benzene rings is 1. The van der Waals surface area contributed by atoms with Gasteiger partial charge in [-0.25, -0.2) is 0 Å². The predicted molar refractivity (Wildman–Crippen MR) is 78.9 cm³/mol. The van der Waals surface area contributed by atoms with E-state index in [9.17, 15) is 14.7 Å². The molecule has 1 atom stereocenters. The molecule has 4 heteroatoms. The molecule has 1 unspecified atom stereocenters. The molecule has 0 aliphatic heterocycles.